The highest BCUT2D eigenvalue weighted by Crippen LogP contribution is 2.27. The normalized spacial score (nSPS) is 11.7. The third-order valence-electron chi connectivity index (χ3n) is 2.26. The van der Waals surface area contributed by atoms with Crippen LogP contribution in [0.4, 0.5) is 5.69 Å². The fraction of sp³-hybridized carbons (Fsp3) is 0.333. The van der Waals surface area contributed by atoms with Gasteiger partial charge in [-0.25, -0.2) is 0 Å². The summed E-state index contributed by atoms with van der Waals surface area (Å²) in [4.78, 5) is 22.3. The molecule has 0 spiro atoms. The first-order valence-electron chi connectivity index (χ1n) is 5.71. The Bertz CT molecular complexity index is 479. The van der Waals surface area contributed by atoms with Gasteiger partial charge in [-0.3, -0.25) is 9.59 Å². The van der Waals surface area contributed by atoms with Crippen molar-refractivity contribution in [3.8, 4) is 5.75 Å². The zero-order valence-corrected chi connectivity index (χ0v) is 11.2. The second-order valence-electron chi connectivity index (χ2n) is 3.84. The van der Waals surface area contributed by atoms with Crippen molar-refractivity contribution < 1.29 is 14.3 Å². The van der Waals surface area contributed by atoms with Crippen LogP contribution in [-0.2, 0) is 9.59 Å². The van der Waals surface area contributed by atoms with E-state index in [-0.39, 0.29) is 6.42 Å². The predicted molar refractivity (Wildman–Crippen MR) is 73.0 cm³/mol. The standard InChI is InChI=1S/C12H16ClN3O3/c1-2-19-10-4-3-7(5-8(10)13)16-12(18)9(14)6-11(15)17/h3-5,9H,2,6,14H2,1H3,(H2,15,17)(H,16,18). The molecule has 0 aliphatic rings. The van der Waals surface area contributed by atoms with Gasteiger partial charge in [-0.05, 0) is 25.1 Å². The number of rotatable bonds is 6. The van der Waals surface area contributed by atoms with Crippen LogP contribution < -0.4 is 21.5 Å². The lowest BCUT2D eigenvalue weighted by Gasteiger charge is -2.12. The Balaban J connectivity index is 2.69. The van der Waals surface area contributed by atoms with E-state index < -0.39 is 17.9 Å². The first-order chi connectivity index (χ1) is 8.93. The molecule has 0 aliphatic heterocycles. The van der Waals surface area contributed by atoms with Crippen LogP contribution in [0.15, 0.2) is 18.2 Å². The van der Waals surface area contributed by atoms with Gasteiger partial charge in [0.2, 0.25) is 11.8 Å². The maximum atomic E-state index is 11.7. The molecule has 19 heavy (non-hydrogen) atoms. The quantitative estimate of drug-likeness (QED) is 0.721. The molecule has 2 amide bonds. The number of nitrogens with two attached hydrogens (primary N) is 2. The summed E-state index contributed by atoms with van der Waals surface area (Å²) in [5.41, 5.74) is 10.9. The van der Waals surface area contributed by atoms with E-state index in [2.05, 4.69) is 5.32 Å². The van der Waals surface area contributed by atoms with Gasteiger partial charge >= 0.3 is 0 Å². The number of carbonyl (C=O) groups excluding carboxylic acids is 2. The summed E-state index contributed by atoms with van der Waals surface area (Å²) in [6, 6.07) is 3.83. The number of ether oxygens (including phenoxy) is 1. The van der Waals surface area contributed by atoms with Crippen molar-refractivity contribution in [3.05, 3.63) is 23.2 Å². The smallest absolute Gasteiger partial charge is 0.241 e. The predicted octanol–water partition coefficient (Wildman–Crippen LogP) is 0.880. The zero-order chi connectivity index (χ0) is 14.4. The summed E-state index contributed by atoms with van der Waals surface area (Å²) in [6.07, 6.45) is -0.212. The van der Waals surface area contributed by atoms with Crippen molar-refractivity contribution in [2.45, 2.75) is 19.4 Å². The molecule has 0 fully saturated rings. The minimum absolute atomic E-state index is 0.212. The van der Waals surface area contributed by atoms with Crippen LogP contribution in [0.3, 0.4) is 0 Å². The molecule has 0 aliphatic carbocycles. The van der Waals surface area contributed by atoms with Crippen LogP contribution in [0.25, 0.3) is 0 Å². The van der Waals surface area contributed by atoms with Crippen LogP contribution in [0.1, 0.15) is 13.3 Å². The number of hydrogen-bond acceptors (Lipinski definition) is 4. The Kier molecular flexibility index (Phi) is 5.59. The molecule has 0 heterocycles. The summed E-state index contributed by atoms with van der Waals surface area (Å²) in [7, 11) is 0. The summed E-state index contributed by atoms with van der Waals surface area (Å²) in [5.74, 6) is -0.602. The van der Waals surface area contributed by atoms with Gasteiger partial charge in [0.25, 0.3) is 0 Å². The molecular weight excluding hydrogens is 270 g/mol. The molecule has 5 N–H and O–H groups in total. The van der Waals surface area contributed by atoms with Crippen LogP contribution in [-0.4, -0.2) is 24.5 Å². The van der Waals surface area contributed by atoms with E-state index in [1.54, 1.807) is 18.2 Å². The second kappa shape index (κ2) is 6.96. The Hall–Kier alpha value is -1.79. The third-order valence-corrected chi connectivity index (χ3v) is 2.55. The number of hydrogen-bond donors (Lipinski definition) is 3. The third kappa shape index (κ3) is 4.76. The second-order valence-corrected chi connectivity index (χ2v) is 4.25. The lowest BCUT2D eigenvalue weighted by Crippen LogP contribution is -2.38. The Labute approximate surface area is 116 Å². The lowest BCUT2D eigenvalue weighted by molar-refractivity contribution is -0.123. The number of nitrogens with one attached hydrogen (secondary N) is 1. The first kappa shape index (κ1) is 15.3. The van der Waals surface area contributed by atoms with Crippen LogP contribution >= 0.6 is 11.6 Å². The molecule has 7 heteroatoms. The first-order valence-corrected chi connectivity index (χ1v) is 6.09. The fourth-order valence-electron chi connectivity index (χ4n) is 1.40. The highest BCUT2D eigenvalue weighted by Gasteiger charge is 2.16. The molecule has 0 aromatic heterocycles. The molecule has 104 valence electrons. The van der Waals surface area contributed by atoms with Gasteiger partial charge in [-0.15, -0.1) is 0 Å². The number of halogens is 1. The van der Waals surface area contributed by atoms with Gasteiger partial charge in [-0.2, -0.15) is 0 Å². The van der Waals surface area contributed by atoms with Crippen LogP contribution in [0.5, 0.6) is 5.75 Å². The number of amides is 2. The van der Waals surface area contributed by atoms with Crippen molar-refractivity contribution in [1.29, 1.82) is 0 Å². The van der Waals surface area contributed by atoms with E-state index >= 15 is 0 Å². The van der Waals surface area contributed by atoms with Crippen molar-refractivity contribution in [1.82, 2.24) is 0 Å². The highest BCUT2D eigenvalue weighted by molar-refractivity contribution is 6.32. The Morgan fingerprint density at radius 1 is 1.47 bits per heavy atom. The number of primary amides is 1. The van der Waals surface area contributed by atoms with Gasteiger partial charge in [0.05, 0.1) is 24.1 Å². The maximum Gasteiger partial charge on any atom is 0.241 e. The average Bonchev–Trinajstić information content (AvgIpc) is 2.32. The van der Waals surface area contributed by atoms with Gasteiger partial charge in [0, 0.05) is 5.69 Å². The molecule has 1 aromatic rings. The monoisotopic (exact) mass is 285 g/mol. The van der Waals surface area contributed by atoms with E-state index in [0.717, 1.165) is 0 Å². The highest BCUT2D eigenvalue weighted by atomic mass is 35.5. The summed E-state index contributed by atoms with van der Waals surface area (Å²) >= 11 is 5.97. The van der Waals surface area contributed by atoms with Gasteiger partial charge in [-0.1, -0.05) is 11.6 Å². The molecule has 0 bridgehead atoms. The van der Waals surface area contributed by atoms with E-state index in [9.17, 15) is 9.59 Å². The van der Waals surface area contributed by atoms with Crippen LogP contribution in [0, 0.1) is 0 Å². The topological polar surface area (TPSA) is 107 Å². The Morgan fingerprint density at radius 2 is 2.16 bits per heavy atom. The molecule has 6 nitrogen and oxygen atoms in total. The molecule has 0 saturated carbocycles. The molecule has 1 rings (SSSR count). The number of benzene rings is 1. The minimum atomic E-state index is -0.983. The summed E-state index contributed by atoms with van der Waals surface area (Å²) in [5, 5.41) is 2.92. The number of carbonyl (C=O) groups is 2. The van der Waals surface area contributed by atoms with Crippen molar-refractivity contribution in [2.75, 3.05) is 11.9 Å². The van der Waals surface area contributed by atoms with Crippen LogP contribution in [0.2, 0.25) is 5.02 Å². The molecule has 1 aromatic carbocycles. The molecular formula is C12H16ClN3O3. The van der Waals surface area contributed by atoms with E-state index in [1.807, 2.05) is 6.92 Å². The van der Waals surface area contributed by atoms with Crippen molar-refractivity contribution in [3.63, 3.8) is 0 Å². The minimum Gasteiger partial charge on any atom is -0.492 e. The van der Waals surface area contributed by atoms with Gasteiger partial charge in [0.15, 0.2) is 0 Å². The molecule has 0 radical (unpaired) electrons. The average molecular weight is 286 g/mol. The molecule has 1 unspecified atom stereocenters. The molecule has 1 atom stereocenters. The van der Waals surface area contributed by atoms with Crippen molar-refractivity contribution >= 4 is 29.1 Å². The van der Waals surface area contributed by atoms with Gasteiger partial charge < -0.3 is 21.5 Å². The van der Waals surface area contributed by atoms with E-state index in [4.69, 9.17) is 27.8 Å². The van der Waals surface area contributed by atoms with Gasteiger partial charge in [0.1, 0.15) is 5.75 Å². The largest absolute Gasteiger partial charge is 0.492 e. The Morgan fingerprint density at radius 3 is 2.68 bits per heavy atom. The summed E-state index contributed by atoms with van der Waals surface area (Å²) in [6.45, 7) is 2.34. The van der Waals surface area contributed by atoms with E-state index in [1.165, 1.54) is 0 Å². The summed E-state index contributed by atoms with van der Waals surface area (Å²) < 4.78 is 5.27. The lowest BCUT2D eigenvalue weighted by atomic mass is 10.2. The SMILES string of the molecule is CCOc1ccc(NC(=O)C(N)CC(N)=O)cc1Cl. The molecule has 0 saturated heterocycles. The maximum absolute atomic E-state index is 11.7. The van der Waals surface area contributed by atoms with Crippen molar-refractivity contribution in [2.24, 2.45) is 11.5 Å². The van der Waals surface area contributed by atoms with E-state index in [0.29, 0.717) is 23.1 Å². The number of anilines is 1. The zero-order valence-electron chi connectivity index (χ0n) is 10.5. The fourth-order valence-corrected chi connectivity index (χ4v) is 1.63.